The fourth-order valence-electron chi connectivity index (χ4n) is 6.16. The number of aliphatic carboxylic acids is 1. The van der Waals surface area contributed by atoms with Crippen molar-refractivity contribution in [2.24, 2.45) is 5.73 Å². The normalized spacial score (nSPS) is 14.2. The third kappa shape index (κ3) is 41.9. The van der Waals surface area contributed by atoms with Gasteiger partial charge in [0.1, 0.15) is 12.6 Å². The zero-order valence-corrected chi connectivity index (χ0v) is 38.4. The Morgan fingerprint density at radius 1 is 0.533 bits per heavy atom. The van der Waals surface area contributed by atoms with Gasteiger partial charge in [0, 0.05) is 12.8 Å². The van der Waals surface area contributed by atoms with Crippen LogP contribution in [0.2, 0.25) is 0 Å². The third-order valence-corrected chi connectivity index (χ3v) is 10.7. The van der Waals surface area contributed by atoms with E-state index in [1.807, 2.05) is 12.2 Å². The van der Waals surface area contributed by atoms with E-state index in [0.717, 1.165) is 51.4 Å². The maximum atomic E-state index is 12.6. The van der Waals surface area contributed by atoms with Gasteiger partial charge in [0.25, 0.3) is 0 Å². The van der Waals surface area contributed by atoms with Crippen molar-refractivity contribution in [1.29, 1.82) is 0 Å². The number of carboxylic acid groups (broad SMARTS) is 1. The second-order valence-corrected chi connectivity index (χ2v) is 17.0. The minimum absolute atomic E-state index is 0.0822. The highest BCUT2D eigenvalue weighted by molar-refractivity contribution is 7.47. The predicted molar refractivity (Wildman–Crippen MR) is 245 cm³/mol. The summed E-state index contributed by atoms with van der Waals surface area (Å²) in [7, 11) is -4.73. The van der Waals surface area contributed by atoms with Crippen LogP contribution >= 0.6 is 7.82 Å². The molecule has 4 N–H and O–H groups in total. The maximum absolute atomic E-state index is 12.6. The summed E-state index contributed by atoms with van der Waals surface area (Å²) in [5, 5.41) is 8.90. The molecule has 0 spiro atoms. The van der Waals surface area contributed by atoms with Crippen molar-refractivity contribution < 1.29 is 47.5 Å². The third-order valence-electron chi connectivity index (χ3n) is 9.78. The highest BCUT2D eigenvalue weighted by Gasteiger charge is 2.28. The SMILES string of the molecule is CC/C=C\C/C=C\C/C=C\C/C=C\C/C=C\CCCC(=O)OC(COC(=O)CCCCCCCCCCCCCCCCCCCCC)COP(=O)(O)OCC(N)C(=O)O. The lowest BCUT2D eigenvalue weighted by Crippen LogP contribution is -2.34. The van der Waals surface area contributed by atoms with Crippen LogP contribution in [0.5, 0.6) is 0 Å². The van der Waals surface area contributed by atoms with E-state index < -0.39 is 51.1 Å². The molecule has 3 unspecified atom stereocenters. The Morgan fingerprint density at radius 2 is 0.933 bits per heavy atom. The number of carbonyl (C=O) groups excluding carboxylic acids is 2. The van der Waals surface area contributed by atoms with Gasteiger partial charge in [-0.2, -0.15) is 0 Å². The number of esters is 2. The Hall–Kier alpha value is -2.82. The van der Waals surface area contributed by atoms with Crippen molar-refractivity contribution in [3.8, 4) is 0 Å². The molecule has 0 aliphatic heterocycles. The number of allylic oxidation sites excluding steroid dienone is 10. The van der Waals surface area contributed by atoms with E-state index in [1.165, 1.54) is 96.3 Å². The highest BCUT2D eigenvalue weighted by atomic mass is 31.2. The molecule has 0 radical (unpaired) electrons. The summed E-state index contributed by atoms with van der Waals surface area (Å²) in [5.41, 5.74) is 5.34. The van der Waals surface area contributed by atoms with Gasteiger partial charge in [0.15, 0.2) is 6.10 Å². The van der Waals surface area contributed by atoms with Crippen LogP contribution in [0.15, 0.2) is 60.8 Å². The summed E-state index contributed by atoms with van der Waals surface area (Å²) in [6, 6.07) is -1.53. The smallest absolute Gasteiger partial charge is 0.472 e. The molecule has 3 atom stereocenters. The molecule has 0 rings (SSSR count). The zero-order chi connectivity index (χ0) is 44.2. The molecular formula is C48H84NO10P. The lowest BCUT2D eigenvalue weighted by Gasteiger charge is -2.20. The molecule has 0 aliphatic rings. The summed E-state index contributed by atoms with van der Waals surface area (Å²) < 4.78 is 32.7. The molecule has 0 bridgehead atoms. The molecule has 12 heteroatoms. The second kappa shape index (κ2) is 42.9. The molecule has 0 amide bonds. The van der Waals surface area contributed by atoms with Crippen molar-refractivity contribution in [3.63, 3.8) is 0 Å². The number of phosphoric acid groups is 1. The molecule has 0 aromatic rings. The van der Waals surface area contributed by atoms with Crippen molar-refractivity contribution in [2.45, 2.75) is 206 Å². The molecule has 346 valence electrons. The molecule has 0 heterocycles. The number of rotatable bonds is 43. The van der Waals surface area contributed by atoms with Crippen molar-refractivity contribution in [2.75, 3.05) is 19.8 Å². The van der Waals surface area contributed by atoms with E-state index in [0.29, 0.717) is 19.3 Å². The first-order chi connectivity index (χ1) is 29.1. The molecular weight excluding hydrogens is 781 g/mol. The van der Waals surface area contributed by atoms with Gasteiger partial charge in [-0.1, -0.05) is 190 Å². The maximum Gasteiger partial charge on any atom is 0.472 e. The number of hydrogen-bond donors (Lipinski definition) is 3. The van der Waals surface area contributed by atoms with Gasteiger partial charge in [0.2, 0.25) is 0 Å². The number of unbranched alkanes of at least 4 members (excludes halogenated alkanes) is 19. The van der Waals surface area contributed by atoms with Gasteiger partial charge < -0.3 is 25.2 Å². The van der Waals surface area contributed by atoms with E-state index in [1.54, 1.807) is 0 Å². The van der Waals surface area contributed by atoms with E-state index in [9.17, 15) is 23.8 Å². The van der Waals surface area contributed by atoms with E-state index in [4.69, 9.17) is 24.8 Å². The number of carboxylic acids is 1. The Bertz CT molecular complexity index is 1250. The monoisotopic (exact) mass is 866 g/mol. The molecule has 0 saturated heterocycles. The van der Waals surface area contributed by atoms with Gasteiger partial charge in [-0.25, -0.2) is 4.57 Å². The molecule has 11 nitrogen and oxygen atoms in total. The fourth-order valence-corrected chi connectivity index (χ4v) is 6.94. The van der Waals surface area contributed by atoms with Crippen LogP contribution in [0, 0.1) is 0 Å². The van der Waals surface area contributed by atoms with E-state index in [2.05, 4.69) is 67.0 Å². The van der Waals surface area contributed by atoms with Crippen LogP contribution in [0.4, 0.5) is 0 Å². The van der Waals surface area contributed by atoms with Gasteiger partial charge in [-0.3, -0.25) is 23.4 Å². The largest absolute Gasteiger partial charge is 0.480 e. The summed E-state index contributed by atoms with van der Waals surface area (Å²) in [5.74, 6) is -2.45. The Kier molecular flexibility index (Phi) is 40.8. The summed E-state index contributed by atoms with van der Waals surface area (Å²) in [6.45, 7) is 2.65. The lowest BCUT2D eigenvalue weighted by atomic mass is 10.0. The molecule has 0 aromatic carbocycles. The highest BCUT2D eigenvalue weighted by Crippen LogP contribution is 2.43. The first kappa shape index (κ1) is 57.2. The topological polar surface area (TPSA) is 172 Å². The Morgan fingerprint density at radius 3 is 1.38 bits per heavy atom. The second-order valence-electron chi connectivity index (χ2n) is 15.5. The minimum Gasteiger partial charge on any atom is -0.480 e. The van der Waals surface area contributed by atoms with Crippen LogP contribution in [0.1, 0.15) is 194 Å². The molecule has 0 aromatic heterocycles. The van der Waals surface area contributed by atoms with Gasteiger partial charge in [0.05, 0.1) is 13.2 Å². The number of phosphoric ester groups is 1. The summed E-state index contributed by atoms with van der Waals surface area (Å²) in [4.78, 5) is 46.0. The quantitative estimate of drug-likeness (QED) is 0.0230. The van der Waals surface area contributed by atoms with Gasteiger partial charge in [-0.15, -0.1) is 0 Å². The average Bonchev–Trinajstić information content (AvgIpc) is 3.22. The first-order valence-corrected chi connectivity index (χ1v) is 24.8. The minimum atomic E-state index is -4.73. The Balaban J connectivity index is 4.38. The number of carbonyl (C=O) groups is 3. The zero-order valence-electron chi connectivity index (χ0n) is 37.5. The Labute approximate surface area is 364 Å². The first-order valence-electron chi connectivity index (χ1n) is 23.3. The van der Waals surface area contributed by atoms with E-state index in [-0.39, 0.29) is 19.4 Å². The van der Waals surface area contributed by atoms with Crippen LogP contribution in [0.3, 0.4) is 0 Å². The van der Waals surface area contributed by atoms with Crippen LogP contribution in [-0.4, -0.2) is 59.9 Å². The summed E-state index contributed by atoms with van der Waals surface area (Å²) in [6.07, 6.45) is 50.1. The fraction of sp³-hybridized carbons (Fsp3) is 0.729. The average molecular weight is 866 g/mol. The molecule has 0 aliphatic carbocycles. The van der Waals surface area contributed by atoms with Crippen molar-refractivity contribution in [3.05, 3.63) is 60.8 Å². The van der Waals surface area contributed by atoms with E-state index >= 15 is 0 Å². The predicted octanol–water partition coefficient (Wildman–Crippen LogP) is 12.7. The van der Waals surface area contributed by atoms with Crippen molar-refractivity contribution in [1.82, 2.24) is 0 Å². The molecule has 0 saturated carbocycles. The number of nitrogens with two attached hydrogens (primary N) is 1. The van der Waals surface area contributed by atoms with Gasteiger partial charge >= 0.3 is 25.7 Å². The summed E-state index contributed by atoms with van der Waals surface area (Å²) >= 11 is 0. The molecule has 60 heavy (non-hydrogen) atoms. The van der Waals surface area contributed by atoms with Crippen LogP contribution in [0.25, 0.3) is 0 Å². The van der Waals surface area contributed by atoms with Gasteiger partial charge in [-0.05, 0) is 51.4 Å². The van der Waals surface area contributed by atoms with Crippen LogP contribution < -0.4 is 5.73 Å². The molecule has 0 fully saturated rings. The van der Waals surface area contributed by atoms with Crippen LogP contribution in [-0.2, 0) is 37.5 Å². The number of hydrogen-bond acceptors (Lipinski definition) is 9. The standard InChI is InChI=1S/C48H84NO10P/c1-3-5-7-9-11-13-15-17-19-21-22-24-25-27-29-31-33-35-37-39-46(50)56-41-44(42-57-60(54,55)58-43-45(49)48(52)53)59-47(51)40-38-36-34-32-30-28-26-23-20-18-16-14-12-10-8-6-4-2/h6,8,12,14,18,20,26,28,32,34,44-45H,3-5,7,9-11,13,15-17,19,21-25,27,29-31,33,35-43,49H2,1-2H3,(H,52,53)(H,54,55)/b8-6-,14-12-,20-18-,28-26-,34-32-. The lowest BCUT2D eigenvalue weighted by molar-refractivity contribution is -0.161. The number of ether oxygens (including phenoxy) is 2. The van der Waals surface area contributed by atoms with Crippen molar-refractivity contribution >= 4 is 25.7 Å².